The van der Waals surface area contributed by atoms with Crippen molar-refractivity contribution in [3.63, 3.8) is 0 Å². The lowest BCUT2D eigenvalue weighted by molar-refractivity contribution is 0.0949. The van der Waals surface area contributed by atoms with E-state index in [9.17, 15) is 4.79 Å². The first kappa shape index (κ1) is 18.9. The fraction of sp³-hybridized carbons (Fsp3) is 0.450. The lowest BCUT2D eigenvalue weighted by Gasteiger charge is -2.26. The normalized spacial score (nSPS) is 14.0. The Balaban J connectivity index is 1.65. The van der Waals surface area contributed by atoms with Crippen molar-refractivity contribution < 1.29 is 14.3 Å². The first-order chi connectivity index (χ1) is 13.1. The minimum absolute atomic E-state index is 0.188. The van der Waals surface area contributed by atoms with Crippen LogP contribution in [-0.4, -0.2) is 43.2 Å². The number of carbonyl (C=O) groups is 1. The first-order valence-electron chi connectivity index (χ1n) is 9.20. The van der Waals surface area contributed by atoms with Crippen molar-refractivity contribution in [2.45, 2.75) is 32.7 Å². The number of rotatable bonds is 6. The molecule has 1 fully saturated rings. The molecule has 1 amide bonds. The number of nitrogens with zero attached hydrogens (tertiary/aromatic N) is 3. The van der Waals surface area contributed by atoms with Crippen molar-refractivity contribution in [3.8, 4) is 11.5 Å². The van der Waals surface area contributed by atoms with E-state index in [-0.39, 0.29) is 5.91 Å². The molecule has 0 aliphatic carbocycles. The molecule has 144 valence electrons. The predicted molar refractivity (Wildman–Crippen MR) is 104 cm³/mol. The van der Waals surface area contributed by atoms with Gasteiger partial charge in [0.15, 0.2) is 11.5 Å². The number of aryl methyl sites for hydroxylation is 1. The van der Waals surface area contributed by atoms with Gasteiger partial charge in [0.1, 0.15) is 0 Å². The Morgan fingerprint density at radius 2 is 1.89 bits per heavy atom. The van der Waals surface area contributed by atoms with Gasteiger partial charge in [0, 0.05) is 25.8 Å². The number of aromatic nitrogens is 2. The van der Waals surface area contributed by atoms with Crippen molar-refractivity contribution >= 4 is 11.9 Å². The second kappa shape index (κ2) is 8.70. The molecule has 7 nitrogen and oxygen atoms in total. The van der Waals surface area contributed by atoms with Crippen molar-refractivity contribution in [1.29, 1.82) is 0 Å². The van der Waals surface area contributed by atoms with E-state index in [2.05, 4.69) is 20.2 Å². The van der Waals surface area contributed by atoms with Gasteiger partial charge in [-0.1, -0.05) is 6.07 Å². The molecular formula is C20H26N4O3. The third-order valence-corrected chi connectivity index (χ3v) is 4.75. The van der Waals surface area contributed by atoms with E-state index in [4.69, 9.17) is 9.47 Å². The highest BCUT2D eigenvalue weighted by atomic mass is 16.5. The summed E-state index contributed by atoms with van der Waals surface area (Å²) in [6.45, 7) is 4.18. The van der Waals surface area contributed by atoms with Gasteiger partial charge in [0.25, 0.3) is 5.91 Å². The maximum absolute atomic E-state index is 12.5. The Morgan fingerprint density at radius 3 is 2.56 bits per heavy atom. The van der Waals surface area contributed by atoms with Gasteiger partial charge in [-0.2, -0.15) is 0 Å². The topological polar surface area (TPSA) is 76.6 Å². The summed E-state index contributed by atoms with van der Waals surface area (Å²) < 4.78 is 10.5. The van der Waals surface area contributed by atoms with E-state index in [0.29, 0.717) is 35.2 Å². The maximum Gasteiger partial charge on any atom is 0.254 e. The van der Waals surface area contributed by atoms with Gasteiger partial charge in [-0.25, -0.2) is 9.97 Å². The number of anilines is 1. The lowest BCUT2D eigenvalue weighted by atomic mass is 10.1. The van der Waals surface area contributed by atoms with Crippen LogP contribution in [0, 0.1) is 6.92 Å². The van der Waals surface area contributed by atoms with Gasteiger partial charge in [-0.15, -0.1) is 0 Å². The zero-order valence-electron chi connectivity index (χ0n) is 16.1. The van der Waals surface area contributed by atoms with E-state index in [1.807, 2.05) is 25.1 Å². The predicted octanol–water partition coefficient (Wildman–Crippen LogP) is 2.72. The molecule has 7 heteroatoms. The average molecular weight is 370 g/mol. The average Bonchev–Trinajstić information content (AvgIpc) is 2.72. The molecule has 0 saturated carbocycles. The van der Waals surface area contributed by atoms with Crippen LogP contribution in [0.15, 0.2) is 24.4 Å². The molecule has 1 saturated heterocycles. The summed E-state index contributed by atoms with van der Waals surface area (Å²) in [5.41, 5.74) is 2.11. The lowest BCUT2D eigenvalue weighted by Crippen LogP contribution is -2.31. The molecule has 27 heavy (non-hydrogen) atoms. The number of hydrogen-bond acceptors (Lipinski definition) is 6. The summed E-state index contributed by atoms with van der Waals surface area (Å²) in [5.74, 6) is 1.82. The molecule has 2 heterocycles. The largest absolute Gasteiger partial charge is 0.493 e. The molecule has 0 bridgehead atoms. The van der Waals surface area contributed by atoms with Gasteiger partial charge >= 0.3 is 0 Å². The minimum atomic E-state index is -0.188. The van der Waals surface area contributed by atoms with Crippen LogP contribution in [0.2, 0.25) is 0 Å². The summed E-state index contributed by atoms with van der Waals surface area (Å²) in [5, 5.41) is 2.91. The van der Waals surface area contributed by atoms with Crippen molar-refractivity contribution in [3.05, 3.63) is 41.2 Å². The summed E-state index contributed by atoms with van der Waals surface area (Å²) in [6, 6.07) is 5.56. The number of benzene rings is 1. The Morgan fingerprint density at radius 1 is 1.15 bits per heavy atom. The summed E-state index contributed by atoms with van der Waals surface area (Å²) >= 11 is 0. The van der Waals surface area contributed by atoms with Crippen LogP contribution in [0.25, 0.3) is 0 Å². The Bertz CT molecular complexity index is 804. The number of methoxy groups -OCH3 is 2. The standard InChI is InChI=1S/C20H26N4O3/c1-14-16(13-22-20(23-14)24-9-5-4-6-10-24)19(25)21-12-15-7-8-17(26-2)18(11-15)27-3/h7-8,11,13H,4-6,9-10,12H2,1-3H3,(H,21,25). The molecule has 2 aromatic rings. The smallest absolute Gasteiger partial charge is 0.254 e. The second-order valence-corrected chi connectivity index (χ2v) is 6.59. The number of carbonyl (C=O) groups excluding carboxylic acids is 1. The molecule has 1 aliphatic rings. The molecule has 0 spiro atoms. The van der Waals surface area contributed by atoms with Gasteiger partial charge < -0.3 is 19.7 Å². The zero-order valence-corrected chi connectivity index (χ0v) is 16.1. The third-order valence-electron chi connectivity index (χ3n) is 4.75. The quantitative estimate of drug-likeness (QED) is 0.843. The zero-order chi connectivity index (χ0) is 19.2. The minimum Gasteiger partial charge on any atom is -0.493 e. The van der Waals surface area contributed by atoms with Crippen LogP contribution in [0.3, 0.4) is 0 Å². The third kappa shape index (κ3) is 4.48. The van der Waals surface area contributed by atoms with Gasteiger partial charge in [-0.3, -0.25) is 4.79 Å². The summed E-state index contributed by atoms with van der Waals surface area (Å²) in [4.78, 5) is 23.7. The SMILES string of the molecule is COc1ccc(CNC(=O)c2cnc(N3CCCCC3)nc2C)cc1OC. The maximum atomic E-state index is 12.5. The molecule has 3 rings (SSSR count). The Kier molecular flexibility index (Phi) is 6.11. The van der Waals surface area contributed by atoms with E-state index >= 15 is 0 Å². The first-order valence-corrected chi connectivity index (χ1v) is 9.20. The number of ether oxygens (including phenoxy) is 2. The van der Waals surface area contributed by atoms with Gasteiger partial charge in [0.05, 0.1) is 25.5 Å². The number of hydrogen-bond donors (Lipinski definition) is 1. The van der Waals surface area contributed by atoms with Gasteiger partial charge in [-0.05, 0) is 43.9 Å². The molecule has 1 aromatic carbocycles. The van der Waals surface area contributed by atoms with Crippen LogP contribution in [0.1, 0.15) is 40.9 Å². The summed E-state index contributed by atoms with van der Waals surface area (Å²) in [6.07, 6.45) is 5.20. The van der Waals surface area contributed by atoms with E-state index in [1.165, 1.54) is 6.42 Å². The molecule has 1 aromatic heterocycles. The summed E-state index contributed by atoms with van der Waals surface area (Å²) in [7, 11) is 3.18. The Labute approximate surface area is 159 Å². The molecule has 0 radical (unpaired) electrons. The van der Waals surface area contributed by atoms with Crippen molar-refractivity contribution in [2.24, 2.45) is 0 Å². The van der Waals surface area contributed by atoms with Crippen LogP contribution in [0.5, 0.6) is 11.5 Å². The molecule has 1 N–H and O–H groups in total. The van der Waals surface area contributed by atoms with E-state index in [0.717, 1.165) is 31.5 Å². The highest BCUT2D eigenvalue weighted by Gasteiger charge is 2.17. The van der Waals surface area contributed by atoms with Crippen molar-refractivity contribution in [1.82, 2.24) is 15.3 Å². The number of nitrogens with one attached hydrogen (secondary N) is 1. The molecule has 0 unspecified atom stereocenters. The van der Waals surface area contributed by atoms with Crippen LogP contribution in [-0.2, 0) is 6.54 Å². The van der Waals surface area contributed by atoms with Crippen LogP contribution in [0.4, 0.5) is 5.95 Å². The number of amides is 1. The van der Waals surface area contributed by atoms with Crippen LogP contribution < -0.4 is 19.7 Å². The Hall–Kier alpha value is -2.83. The highest BCUT2D eigenvalue weighted by Crippen LogP contribution is 2.27. The fourth-order valence-electron chi connectivity index (χ4n) is 3.19. The molecule has 1 aliphatic heterocycles. The monoisotopic (exact) mass is 370 g/mol. The fourth-order valence-corrected chi connectivity index (χ4v) is 3.19. The number of piperidine rings is 1. The van der Waals surface area contributed by atoms with E-state index < -0.39 is 0 Å². The van der Waals surface area contributed by atoms with E-state index in [1.54, 1.807) is 20.4 Å². The molecular weight excluding hydrogens is 344 g/mol. The van der Waals surface area contributed by atoms with Crippen molar-refractivity contribution in [2.75, 3.05) is 32.2 Å². The van der Waals surface area contributed by atoms with Gasteiger partial charge in [0.2, 0.25) is 5.95 Å². The van der Waals surface area contributed by atoms with Crippen LogP contribution >= 0.6 is 0 Å². The molecule has 0 atom stereocenters. The second-order valence-electron chi connectivity index (χ2n) is 6.59. The highest BCUT2D eigenvalue weighted by molar-refractivity contribution is 5.94.